The summed E-state index contributed by atoms with van der Waals surface area (Å²) in [6.07, 6.45) is 1.64. The highest BCUT2D eigenvalue weighted by Crippen LogP contribution is 2.34. The van der Waals surface area contributed by atoms with Crippen LogP contribution in [0, 0.1) is 13.8 Å². The number of thioether (sulfide) groups is 1. The number of hydrogen-bond acceptors (Lipinski definition) is 7. The number of carbonyl (C=O) groups is 1. The van der Waals surface area contributed by atoms with Crippen molar-refractivity contribution in [3.8, 4) is 11.5 Å². The monoisotopic (exact) mass is 494 g/mol. The number of carbonyl (C=O) groups excluding carboxylic acids is 1. The van der Waals surface area contributed by atoms with E-state index < -0.39 is 10.1 Å². The third-order valence-electron chi connectivity index (χ3n) is 4.91. The molecule has 9 heteroatoms. The van der Waals surface area contributed by atoms with E-state index in [9.17, 15) is 13.2 Å². The first kappa shape index (κ1) is 23.6. The Morgan fingerprint density at radius 3 is 2.21 bits per heavy atom. The van der Waals surface area contributed by atoms with Crippen molar-refractivity contribution >= 4 is 44.7 Å². The van der Waals surface area contributed by atoms with Crippen LogP contribution in [0.15, 0.2) is 81.5 Å². The predicted octanol–water partition coefficient (Wildman–Crippen LogP) is 4.97. The molecule has 0 saturated carbocycles. The minimum Gasteiger partial charge on any atom is -0.493 e. The molecule has 1 aliphatic heterocycles. The summed E-state index contributed by atoms with van der Waals surface area (Å²) in [7, 11) is -2.64. The standard InChI is InChI=1S/C25H22N2O5S2/c1-16-4-9-19(10-5-16)26-25-27-24(28)23(33-25)15-18-8-13-21(31-3)22(14-18)32-34(29,30)20-11-6-17(2)7-12-20/h4-15H,1-3H3,(H,26,27,28)/b23-15-. The summed E-state index contributed by atoms with van der Waals surface area (Å²) < 4.78 is 36.1. The minimum absolute atomic E-state index is 0.0226. The number of methoxy groups -OCH3 is 1. The topological polar surface area (TPSA) is 94.1 Å². The Labute approximate surface area is 202 Å². The summed E-state index contributed by atoms with van der Waals surface area (Å²) in [6, 6.07) is 18.8. The lowest BCUT2D eigenvalue weighted by atomic mass is 10.2. The maximum atomic E-state index is 12.7. The summed E-state index contributed by atoms with van der Waals surface area (Å²) in [5.41, 5.74) is 3.36. The first-order valence-electron chi connectivity index (χ1n) is 10.3. The SMILES string of the molecule is COc1ccc(/C=C2\SC(=Nc3ccc(C)cc3)NC2=O)cc1OS(=O)(=O)c1ccc(C)cc1. The quantitative estimate of drug-likeness (QED) is 0.384. The lowest BCUT2D eigenvalue weighted by molar-refractivity contribution is -0.115. The second-order valence-corrected chi connectivity index (χ2v) is 10.2. The molecule has 0 unspecified atom stereocenters. The van der Waals surface area contributed by atoms with E-state index in [0.29, 0.717) is 15.6 Å². The van der Waals surface area contributed by atoms with Crippen LogP contribution in [0.4, 0.5) is 5.69 Å². The minimum atomic E-state index is -4.07. The van der Waals surface area contributed by atoms with Crippen molar-refractivity contribution in [2.75, 3.05) is 7.11 Å². The molecular weight excluding hydrogens is 472 g/mol. The third kappa shape index (κ3) is 5.49. The van der Waals surface area contributed by atoms with Gasteiger partial charge in [-0.2, -0.15) is 8.42 Å². The number of aliphatic imine (C=N–C) groups is 1. The van der Waals surface area contributed by atoms with Crippen molar-refractivity contribution < 1.29 is 22.1 Å². The second-order valence-electron chi connectivity index (χ2n) is 7.58. The normalized spacial score (nSPS) is 16.0. The van der Waals surface area contributed by atoms with Gasteiger partial charge in [-0.1, -0.05) is 41.5 Å². The zero-order valence-electron chi connectivity index (χ0n) is 18.7. The molecule has 1 saturated heterocycles. The molecule has 1 heterocycles. The van der Waals surface area contributed by atoms with Gasteiger partial charge in [-0.05, 0) is 73.6 Å². The number of amidine groups is 1. The Bertz CT molecular complexity index is 1390. The number of rotatable bonds is 6. The van der Waals surface area contributed by atoms with E-state index in [2.05, 4.69) is 10.3 Å². The van der Waals surface area contributed by atoms with Gasteiger partial charge >= 0.3 is 10.1 Å². The summed E-state index contributed by atoms with van der Waals surface area (Å²) in [6.45, 7) is 3.86. The Hall–Kier alpha value is -3.56. The second kappa shape index (κ2) is 9.74. The Morgan fingerprint density at radius 2 is 1.56 bits per heavy atom. The Morgan fingerprint density at radius 1 is 0.912 bits per heavy atom. The Balaban J connectivity index is 1.59. The van der Waals surface area contributed by atoms with Crippen LogP contribution in [0.25, 0.3) is 6.08 Å². The van der Waals surface area contributed by atoms with Crippen LogP contribution in [0.2, 0.25) is 0 Å². The molecule has 34 heavy (non-hydrogen) atoms. The third-order valence-corrected chi connectivity index (χ3v) is 7.07. The molecule has 1 N–H and O–H groups in total. The van der Waals surface area contributed by atoms with E-state index in [1.54, 1.807) is 30.3 Å². The number of nitrogens with one attached hydrogen (secondary N) is 1. The number of ether oxygens (including phenoxy) is 1. The molecular formula is C25H22N2O5S2. The fourth-order valence-electron chi connectivity index (χ4n) is 3.09. The van der Waals surface area contributed by atoms with Gasteiger partial charge in [0, 0.05) is 0 Å². The highest BCUT2D eigenvalue weighted by molar-refractivity contribution is 8.18. The molecule has 0 spiro atoms. The number of nitrogens with zero attached hydrogens (tertiary/aromatic N) is 1. The summed E-state index contributed by atoms with van der Waals surface area (Å²) >= 11 is 1.20. The largest absolute Gasteiger partial charge is 0.493 e. The van der Waals surface area contributed by atoms with E-state index in [1.165, 1.54) is 37.1 Å². The maximum absolute atomic E-state index is 12.7. The fourth-order valence-corrected chi connectivity index (χ4v) is 4.86. The smallest absolute Gasteiger partial charge is 0.339 e. The molecule has 1 fully saturated rings. The van der Waals surface area contributed by atoms with Crippen molar-refractivity contribution in [2.24, 2.45) is 4.99 Å². The molecule has 4 rings (SSSR count). The number of aryl methyl sites for hydroxylation is 2. The molecule has 0 atom stereocenters. The van der Waals surface area contributed by atoms with E-state index in [4.69, 9.17) is 8.92 Å². The molecule has 1 aliphatic rings. The van der Waals surface area contributed by atoms with Crippen LogP contribution >= 0.6 is 11.8 Å². The zero-order valence-corrected chi connectivity index (χ0v) is 20.4. The predicted molar refractivity (Wildman–Crippen MR) is 134 cm³/mol. The van der Waals surface area contributed by atoms with Crippen LogP contribution in [0.5, 0.6) is 11.5 Å². The summed E-state index contributed by atoms with van der Waals surface area (Å²) in [5, 5.41) is 3.21. The van der Waals surface area contributed by atoms with E-state index in [0.717, 1.165) is 16.8 Å². The van der Waals surface area contributed by atoms with Crippen molar-refractivity contribution in [1.82, 2.24) is 5.32 Å². The van der Waals surface area contributed by atoms with Crippen LogP contribution in [-0.2, 0) is 14.9 Å². The van der Waals surface area contributed by atoms with Crippen molar-refractivity contribution in [2.45, 2.75) is 18.7 Å². The number of benzene rings is 3. The molecule has 0 bridgehead atoms. The van der Waals surface area contributed by atoms with E-state index in [1.807, 2.05) is 38.1 Å². The molecule has 3 aromatic carbocycles. The molecule has 3 aromatic rings. The van der Waals surface area contributed by atoms with Gasteiger partial charge in [0.25, 0.3) is 5.91 Å². The molecule has 0 radical (unpaired) electrons. The lowest BCUT2D eigenvalue weighted by Crippen LogP contribution is -2.19. The number of hydrogen-bond donors (Lipinski definition) is 1. The van der Waals surface area contributed by atoms with Gasteiger partial charge in [-0.15, -0.1) is 0 Å². The fraction of sp³-hybridized carbons (Fsp3) is 0.120. The van der Waals surface area contributed by atoms with Crippen molar-refractivity contribution in [3.63, 3.8) is 0 Å². The summed E-state index contributed by atoms with van der Waals surface area (Å²) in [5.74, 6) is -0.0150. The van der Waals surface area contributed by atoms with Crippen LogP contribution in [-0.4, -0.2) is 26.6 Å². The van der Waals surface area contributed by atoms with Gasteiger partial charge < -0.3 is 14.2 Å². The highest BCUT2D eigenvalue weighted by Gasteiger charge is 2.24. The number of amides is 1. The van der Waals surface area contributed by atoms with Gasteiger partial charge in [0.2, 0.25) is 0 Å². The molecule has 0 aromatic heterocycles. The van der Waals surface area contributed by atoms with E-state index in [-0.39, 0.29) is 22.3 Å². The van der Waals surface area contributed by atoms with Crippen LogP contribution in [0.1, 0.15) is 16.7 Å². The van der Waals surface area contributed by atoms with Gasteiger partial charge in [-0.25, -0.2) is 4.99 Å². The molecule has 7 nitrogen and oxygen atoms in total. The van der Waals surface area contributed by atoms with Gasteiger partial charge in [0.1, 0.15) is 4.90 Å². The van der Waals surface area contributed by atoms with Crippen LogP contribution in [0.3, 0.4) is 0 Å². The molecule has 1 amide bonds. The van der Waals surface area contributed by atoms with Gasteiger partial charge in [0.15, 0.2) is 16.7 Å². The first-order valence-corrected chi connectivity index (χ1v) is 12.5. The van der Waals surface area contributed by atoms with Crippen molar-refractivity contribution in [3.05, 3.63) is 88.3 Å². The summed E-state index contributed by atoms with van der Waals surface area (Å²) in [4.78, 5) is 17.4. The maximum Gasteiger partial charge on any atom is 0.339 e. The molecule has 0 aliphatic carbocycles. The Kier molecular flexibility index (Phi) is 6.76. The van der Waals surface area contributed by atoms with Crippen molar-refractivity contribution in [1.29, 1.82) is 0 Å². The average Bonchev–Trinajstić information content (AvgIpc) is 3.14. The highest BCUT2D eigenvalue weighted by atomic mass is 32.2. The van der Waals surface area contributed by atoms with Gasteiger partial charge in [-0.3, -0.25) is 4.79 Å². The van der Waals surface area contributed by atoms with Gasteiger partial charge in [0.05, 0.1) is 17.7 Å². The molecule has 174 valence electrons. The zero-order chi connectivity index (χ0) is 24.3. The van der Waals surface area contributed by atoms with Crippen LogP contribution < -0.4 is 14.2 Å². The average molecular weight is 495 g/mol. The van der Waals surface area contributed by atoms with E-state index >= 15 is 0 Å². The lowest BCUT2D eigenvalue weighted by Gasteiger charge is -2.12. The first-order chi connectivity index (χ1) is 16.2.